The van der Waals surface area contributed by atoms with E-state index in [0.717, 1.165) is 11.1 Å². The van der Waals surface area contributed by atoms with Crippen molar-refractivity contribution in [2.75, 3.05) is 4.72 Å². The molecule has 2 N–H and O–H groups in total. The molecule has 0 unspecified atom stereocenters. The number of aryl methyl sites for hydroxylation is 1. The van der Waals surface area contributed by atoms with Crippen LogP contribution in [0.4, 0.5) is 5.69 Å². The summed E-state index contributed by atoms with van der Waals surface area (Å²) in [6.07, 6.45) is 0. The van der Waals surface area contributed by atoms with Crippen LogP contribution in [0.3, 0.4) is 0 Å². The first kappa shape index (κ1) is 18.0. The lowest BCUT2D eigenvalue weighted by molar-refractivity contribution is 0.0697. The first-order valence-electron chi connectivity index (χ1n) is 7.48. The molecule has 2 rings (SSSR count). The van der Waals surface area contributed by atoms with Crippen molar-refractivity contribution in [2.45, 2.75) is 38.0 Å². The van der Waals surface area contributed by atoms with Gasteiger partial charge < -0.3 is 5.11 Å². The van der Waals surface area contributed by atoms with Crippen LogP contribution < -0.4 is 4.72 Å². The number of hydrogen-bond acceptors (Lipinski definition) is 3. The van der Waals surface area contributed by atoms with Crippen molar-refractivity contribution < 1.29 is 18.3 Å². The predicted octanol–water partition coefficient (Wildman–Crippen LogP) is 3.79. The van der Waals surface area contributed by atoms with Crippen molar-refractivity contribution in [3.05, 3.63) is 59.2 Å². The molecule has 0 amide bonds. The fourth-order valence-electron chi connectivity index (χ4n) is 2.34. The van der Waals surface area contributed by atoms with E-state index in [9.17, 15) is 18.3 Å². The van der Waals surface area contributed by atoms with Crippen LogP contribution in [0.5, 0.6) is 0 Å². The Morgan fingerprint density at radius 1 is 1.04 bits per heavy atom. The topological polar surface area (TPSA) is 83.5 Å². The zero-order valence-corrected chi connectivity index (χ0v) is 14.9. The molecule has 128 valence electrons. The third kappa shape index (κ3) is 3.94. The minimum Gasteiger partial charge on any atom is -0.478 e. The standard InChI is InChI=1S/C18H21NO4S/c1-12-5-8-14(9-6-12)24(22,23)19-16-11-13(17(20)21)7-10-15(16)18(2,3)4/h5-11,19H,1-4H3,(H,20,21). The number of benzene rings is 2. The normalized spacial score (nSPS) is 12.0. The number of anilines is 1. The van der Waals surface area contributed by atoms with Gasteiger partial charge in [0.05, 0.1) is 16.1 Å². The number of carboxylic acids is 1. The molecule has 0 radical (unpaired) electrons. The van der Waals surface area contributed by atoms with Crippen molar-refractivity contribution in [3.63, 3.8) is 0 Å². The number of carbonyl (C=O) groups is 1. The van der Waals surface area contributed by atoms with Crippen molar-refractivity contribution in [3.8, 4) is 0 Å². The van der Waals surface area contributed by atoms with Crippen LogP contribution in [-0.2, 0) is 15.4 Å². The molecule has 2 aromatic carbocycles. The molecule has 0 aliphatic rings. The zero-order chi connectivity index (χ0) is 18.1. The number of sulfonamides is 1. The summed E-state index contributed by atoms with van der Waals surface area (Å²) in [5, 5.41) is 9.17. The van der Waals surface area contributed by atoms with E-state index in [-0.39, 0.29) is 21.6 Å². The smallest absolute Gasteiger partial charge is 0.335 e. The Bertz CT molecular complexity index is 863. The van der Waals surface area contributed by atoms with E-state index in [1.807, 2.05) is 27.7 Å². The molecule has 2 aromatic rings. The fourth-order valence-corrected chi connectivity index (χ4v) is 3.41. The number of hydrogen-bond donors (Lipinski definition) is 2. The molecule has 6 heteroatoms. The maximum atomic E-state index is 12.6. The van der Waals surface area contributed by atoms with Crippen molar-refractivity contribution >= 4 is 21.7 Å². The van der Waals surface area contributed by atoms with Gasteiger partial charge in [0.1, 0.15) is 0 Å². The lowest BCUT2D eigenvalue weighted by Crippen LogP contribution is -2.19. The fraction of sp³-hybridized carbons (Fsp3) is 0.278. The van der Waals surface area contributed by atoms with Crippen LogP contribution in [0, 0.1) is 6.92 Å². The van der Waals surface area contributed by atoms with E-state index in [2.05, 4.69) is 4.72 Å². The number of nitrogens with one attached hydrogen (secondary N) is 1. The Morgan fingerprint density at radius 2 is 1.62 bits per heavy atom. The highest BCUT2D eigenvalue weighted by Gasteiger charge is 2.23. The number of rotatable bonds is 4. The van der Waals surface area contributed by atoms with Crippen LogP contribution >= 0.6 is 0 Å². The maximum Gasteiger partial charge on any atom is 0.335 e. The minimum atomic E-state index is -3.80. The van der Waals surface area contributed by atoms with Gasteiger partial charge in [-0.15, -0.1) is 0 Å². The van der Waals surface area contributed by atoms with Gasteiger partial charge in [0, 0.05) is 0 Å². The minimum absolute atomic E-state index is 0.0320. The molecule has 0 aromatic heterocycles. The second kappa shape index (κ2) is 6.28. The highest BCUT2D eigenvalue weighted by molar-refractivity contribution is 7.92. The van der Waals surface area contributed by atoms with Crippen molar-refractivity contribution in [1.82, 2.24) is 0 Å². The van der Waals surface area contributed by atoms with Crippen LogP contribution in [-0.4, -0.2) is 19.5 Å². The van der Waals surface area contributed by atoms with E-state index >= 15 is 0 Å². The summed E-state index contributed by atoms with van der Waals surface area (Å²) in [4.78, 5) is 11.3. The third-order valence-corrected chi connectivity index (χ3v) is 5.03. The lowest BCUT2D eigenvalue weighted by Gasteiger charge is -2.24. The van der Waals surface area contributed by atoms with Gasteiger partial charge in [0.2, 0.25) is 0 Å². The Balaban J connectivity index is 2.52. The second-order valence-corrected chi connectivity index (χ2v) is 8.42. The summed E-state index contributed by atoms with van der Waals surface area (Å²) in [5.41, 5.74) is 1.65. The summed E-state index contributed by atoms with van der Waals surface area (Å²) in [6, 6.07) is 11.0. The third-order valence-electron chi connectivity index (χ3n) is 3.65. The van der Waals surface area contributed by atoms with E-state index < -0.39 is 16.0 Å². The van der Waals surface area contributed by atoms with Crippen LogP contribution in [0.1, 0.15) is 42.3 Å². The predicted molar refractivity (Wildman–Crippen MR) is 94.1 cm³/mol. The highest BCUT2D eigenvalue weighted by atomic mass is 32.2. The molecule has 0 spiro atoms. The Morgan fingerprint density at radius 3 is 2.12 bits per heavy atom. The monoisotopic (exact) mass is 347 g/mol. The van der Waals surface area contributed by atoms with Gasteiger partial charge in [0.15, 0.2) is 0 Å². The van der Waals surface area contributed by atoms with E-state index in [1.165, 1.54) is 24.3 Å². The molecule has 0 fully saturated rings. The summed E-state index contributed by atoms with van der Waals surface area (Å²) in [7, 11) is -3.80. The summed E-state index contributed by atoms with van der Waals surface area (Å²) >= 11 is 0. The molecule has 0 aliphatic heterocycles. The Hall–Kier alpha value is -2.34. The number of aromatic carboxylic acids is 1. The van der Waals surface area contributed by atoms with Crippen LogP contribution in [0.25, 0.3) is 0 Å². The van der Waals surface area contributed by atoms with E-state index in [1.54, 1.807) is 18.2 Å². The molecule has 0 saturated carbocycles. The quantitative estimate of drug-likeness (QED) is 0.881. The molecule has 0 bridgehead atoms. The van der Waals surface area contributed by atoms with Crippen LogP contribution in [0.15, 0.2) is 47.4 Å². The van der Waals surface area contributed by atoms with Gasteiger partial charge in [-0.05, 0) is 42.2 Å². The second-order valence-electron chi connectivity index (χ2n) is 6.73. The van der Waals surface area contributed by atoms with Gasteiger partial charge in [0.25, 0.3) is 10.0 Å². The van der Waals surface area contributed by atoms with Gasteiger partial charge in [-0.3, -0.25) is 4.72 Å². The first-order valence-corrected chi connectivity index (χ1v) is 8.96. The zero-order valence-electron chi connectivity index (χ0n) is 14.1. The number of carboxylic acid groups (broad SMARTS) is 1. The SMILES string of the molecule is Cc1ccc(S(=O)(=O)Nc2cc(C(=O)O)ccc2C(C)(C)C)cc1. The average Bonchev–Trinajstić information content (AvgIpc) is 2.45. The molecular formula is C18H21NO4S. The van der Waals surface area contributed by atoms with Crippen LogP contribution in [0.2, 0.25) is 0 Å². The lowest BCUT2D eigenvalue weighted by atomic mass is 9.85. The van der Waals surface area contributed by atoms with Gasteiger partial charge in [-0.2, -0.15) is 0 Å². The summed E-state index contributed by atoms with van der Waals surface area (Å²) in [6.45, 7) is 7.68. The van der Waals surface area contributed by atoms with E-state index in [4.69, 9.17) is 0 Å². The molecule has 0 heterocycles. The van der Waals surface area contributed by atoms with E-state index in [0.29, 0.717) is 0 Å². The molecule has 0 saturated heterocycles. The highest BCUT2D eigenvalue weighted by Crippen LogP contribution is 2.32. The molecular weight excluding hydrogens is 326 g/mol. The largest absolute Gasteiger partial charge is 0.478 e. The maximum absolute atomic E-state index is 12.6. The molecule has 0 atom stereocenters. The molecule has 0 aliphatic carbocycles. The van der Waals surface area contributed by atoms with Gasteiger partial charge in [-0.25, -0.2) is 13.2 Å². The Kier molecular flexibility index (Phi) is 4.71. The summed E-state index contributed by atoms with van der Waals surface area (Å²) < 4.78 is 27.8. The summed E-state index contributed by atoms with van der Waals surface area (Å²) in [5.74, 6) is -1.11. The first-order chi connectivity index (χ1) is 11.0. The van der Waals surface area contributed by atoms with Crippen molar-refractivity contribution in [1.29, 1.82) is 0 Å². The molecule has 5 nitrogen and oxygen atoms in total. The van der Waals surface area contributed by atoms with Gasteiger partial charge >= 0.3 is 5.97 Å². The Labute approximate surface area is 142 Å². The average molecular weight is 347 g/mol. The molecule has 24 heavy (non-hydrogen) atoms. The van der Waals surface area contributed by atoms with Crippen molar-refractivity contribution in [2.24, 2.45) is 0 Å². The van der Waals surface area contributed by atoms with Gasteiger partial charge in [-0.1, -0.05) is 44.5 Å².